The van der Waals surface area contributed by atoms with Crippen LogP contribution in [0.1, 0.15) is 25.7 Å². The maximum absolute atomic E-state index is 12.1. The fourth-order valence-corrected chi connectivity index (χ4v) is 2.70. The molecule has 0 aromatic rings. The average molecular weight is 267 g/mol. The third kappa shape index (κ3) is 3.56. The zero-order valence-corrected chi connectivity index (χ0v) is 11.2. The van der Waals surface area contributed by atoms with Crippen molar-refractivity contribution in [1.82, 2.24) is 4.90 Å². The van der Waals surface area contributed by atoms with Crippen LogP contribution in [0.5, 0.6) is 0 Å². The molecule has 0 unspecified atom stereocenters. The van der Waals surface area contributed by atoms with E-state index in [4.69, 9.17) is 9.84 Å². The van der Waals surface area contributed by atoms with E-state index in [1.165, 1.54) is 0 Å². The molecule has 0 saturated carbocycles. The summed E-state index contributed by atoms with van der Waals surface area (Å²) in [4.78, 5) is 25.5. The third-order valence-corrected chi connectivity index (χ3v) is 4.00. The summed E-state index contributed by atoms with van der Waals surface area (Å²) in [5.74, 6) is -2.41. The molecule has 1 saturated heterocycles. The van der Waals surface area contributed by atoms with Gasteiger partial charge >= 0.3 is 11.9 Å². The first-order valence-electron chi connectivity index (χ1n) is 6.84. The Labute approximate surface area is 113 Å². The molecule has 2 rings (SSSR count). The van der Waals surface area contributed by atoms with Crippen molar-refractivity contribution in [2.24, 2.45) is 11.8 Å². The molecule has 1 N–H and O–H groups in total. The van der Waals surface area contributed by atoms with E-state index < -0.39 is 17.8 Å². The van der Waals surface area contributed by atoms with Crippen LogP contribution in [0, 0.1) is 11.8 Å². The number of esters is 1. The normalized spacial score (nSPS) is 29.1. The van der Waals surface area contributed by atoms with Crippen LogP contribution >= 0.6 is 0 Å². The van der Waals surface area contributed by atoms with Crippen molar-refractivity contribution < 1.29 is 19.4 Å². The Morgan fingerprint density at radius 3 is 2.32 bits per heavy atom. The number of carbonyl (C=O) groups is 2. The SMILES string of the molecule is CN1CCC(OC(=O)[C@H]2CC=CC[C@H]2C(=O)O)CC1. The number of allylic oxidation sites excluding steroid dienone is 2. The molecule has 19 heavy (non-hydrogen) atoms. The third-order valence-electron chi connectivity index (χ3n) is 4.00. The Bertz CT molecular complexity index is 372. The lowest BCUT2D eigenvalue weighted by atomic mass is 9.83. The van der Waals surface area contributed by atoms with Gasteiger partial charge in [-0.1, -0.05) is 12.2 Å². The van der Waals surface area contributed by atoms with Gasteiger partial charge in [0.05, 0.1) is 11.8 Å². The first-order chi connectivity index (χ1) is 9.08. The summed E-state index contributed by atoms with van der Waals surface area (Å²) in [5, 5.41) is 9.15. The van der Waals surface area contributed by atoms with Crippen molar-refractivity contribution in [3.8, 4) is 0 Å². The number of aliphatic carboxylic acids is 1. The summed E-state index contributed by atoms with van der Waals surface area (Å²) in [5.41, 5.74) is 0. The molecule has 0 aromatic carbocycles. The molecular formula is C14H21NO4. The van der Waals surface area contributed by atoms with Crippen LogP contribution in [0.25, 0.3) is 0 Å². The van der Waals surface area contributed by atoms with Crippen LogP contribution in [0.2, 0.25) is 0 Å². The van der Waals surface area contributed by atoms with E-state index in [0.29, 0.717) is 12.8 Å². The van der Waals surface area contributed by atoms with E-state index in [2.05, 4.69) is 4.90 Å². The van der Waals surface area contributed by atoms with Gasteiger partial charge in [0.25, 0.3) is 0 Å². The van der Waals surface area contributed by atoms with Gasteiger partial charge in [0.2, 0.25) is 0 Å². The predicted molar refractivity (Wildman–Crippen MR) is 69.6 cm³/mol. The van der Waals surface area contributed by atoms with Gasteiger partial charge in [-0.3, -0.25) is 9.59 Å². The predicted octanol–water partition coefficient (Wildman–Crippen LogP) is 1.29. The monoisotopic (exact) mass is 267 g/mol. The highest BCUT2D eigenvalue weighted by Gasteiger charge is 2.36. The molecule has 2 aliphatic rings. The van der Waals surface area contributed by atoms with Gasteiger partial charge in [-0.2, -0.15) is 0 Å². The van der Waals surface area contributed by atoms with Crippen LogP contribution in [-0.2, 0) is 14.3 Å². The fraction of sp³-hybridized carbons (Fsp3) is 0.714. The maximum atomic E-state index is 12.1. The summed E-state index contributed by atoms with van der Waals surface area (Å²) in [6.07, 6.45) is 6.22. The Balaban J connectivity index is 1.91. The molecule has 106 valence electrons. The fourth-order valence-electron chi connectivity index (χ4n) is 2.70. The van der Waals surface area contributed by atoms with E-state index in [1.807, 2.05) is 19.2 Å². The molecular weight excluding hydrogens is 246 g/mol. The number of likely N-dealkylation sites (tertiary alicyclic amines) is 1. The lowest BCUT2D eigenvalue weighted by Gasteiger charge is -2.31. The Kier molecular flexibility index (Phi) is 4.58. The molecule has 2 atom stereocenters. The van der Waals surface area contributed by atoms with Gasteiger partial charge in [0, 0.05) is 13.1 Å². The van der Waals surface area contributed by atoms with Crippen molar-refractivity contribution in [3.05, 3.63) is 12.2 Å². The molecule has 1 fully saturated rings. The Hall–Kier alpha value is -1.36. The summed E-state index contributed by atoms with van der Waals surface area (Å²) < 4.78 is 5.50. The highest BCUT2D eigenvalue weighted by molar-refractivity contribution is 5.81. The Morgan fingerprint density at radius 2 is 1.74 bits per heavy atom. The van der Waals surface area contributed by atoms with E-state index in [1.54, 1.807) is 0 Å². The highest BCUT2D eigenvalue weighted by Crippen LogP contribution is 2.28. The summed E-state index contributed by atoms with van der Waals surface area (Å²) in [6.45, 7) is 1.84. The average Bonchev–Trinajstić information content (AvgIpc) is 2.41. The summed E-state index contributed by atoms with van der Waals surface area (Å²) in [7, 11) is 2.05. The lowest BCUT2D eigenvalue weighted by molar-refractivity contribution is -0.163. The van der Waals surface area contributed by atoms with Crippen LogP contribution in [0.4, 0.5) is 0 Å². The quantitative estimate of drug-likeness (QED) is 0.616. The van der Waals surface area contributed by atoms with E-state index >= 15 is 0 Å². The van der Waals surface area contributed by atoms with E-state index in [-0.39, 0.29) is 12.1 Å². The molecule has 0 amide bonds. The molecule has 5 nitrogen and oxygen atoms in total. The zero-order chi connectivity index (χ0) is 13.8. The number of piperidine rings is 1. The number of ether oxygens (including phenoxy) is 1. The molecule has 1 aliphatic heterocycles. The van der Waals surface area contributed by atoms with Crippen molar-refractivity contribution in [3.63, 3.8) is 0 Å². The first kappa shape index (κ1) is 14.1. The number of rotatable bonds is 3. The highest BCUT2D eigenvalue weighted by atomic mass is 16.5. The second kappa shape index (κ2) is 6.19. The first-order valence-corrected chi connectivity index (χ1v) is 6.84. The largest absolute Gasteiger partial charge is 0.481 e. The molecule has 0 radical (unpaired) electrons. The van der Waals surface area contributed by atoms with Gasteiger partial charge in [0.15, 0.2) is 0 Å². The van der Waals surface area contributed by atoms with E-state index in [0.717, 1.165) is 25.9 Å². The number of hydrogen-bond acceptors (Lipinski definition) is 4. The van der Waals surface area contributed by atoms with Crippen molar-refractivity contribution >= 4 is 11.9 Å². The van der Waals surface area contributed by atoms with Crippen LogP contribution in [-0.4, -0.2) is 48.2 Å². The van der Waals surface area contributed by atoms with Crippen LogP contribution < -0.4 is 0 Å². The Morgan fingerprint density at radius 1 is 1.16 bits per heavy atom. The van der Waals surface area contributed by atoms with E-state index in [9.17, 15) is 9.59 Å². The smallest absolute Gasteiger partial charge is 0.310 e. The number of carboxylic acid groups (broad SMARTS) is 1. The minimum Gasteiger partial charge on any atom is -0.481 e. The van der Waals surface area contributed by atoms with Gasteiger partial charge in [0.1, 0.15) is 6.10 Å². The summed E-state index contributed by atoms with van der Waals surface area (Å²) >= 11 is 0. The molecule has 0 aromatic heterocycles. The number of carbonyl (C=O) groups excluding carboxylic acids is 1. The molecule has 1 aliphatic carbocycles. The summed E-state index contributed by atoms with van der Waals surface area (Å²) in [6, 6.07) is 0. The topological polar surface area (TPSA) is 66.8 Å². The number of carboxylic acids is 1. The molecule has 5 heteroatoms. The molecule has 1 heterocycles. The van der Waals surface area contributed by atoms with Gasteiger partial charge in [-0.05, 0) is 32.7 Å². The van der Waals surface area contributed by atoms with Gasteiger partial charge in [-0.25, -0.2) is 0 Å². The van der Waals surface area contributed by atoms with Gasteiger partial charge in [-0.15, -0.1) is 0 Å². The van der Waals surface area contributed by atoms with Crippen LogP contribution in [0.3, 0.4) is 0 Å². The van der Waals surface area contributed by atoms with Crippen LogP contribution in [0.15, 0.2) is 12.2 Å². The minimum atomic E-state index is -0.908. The second-order valence-corrected chi connectivity index (χ2v) is 5.43. The van der Waals surface area contributed by atoms with Crippen molar-refractivity contribution in [2.75, 3.05) is 20.1 Å². The lowest BCUT2D eigenvalue weighted by Crippen LogP contribution is -2.39. The zero-order valence-electron chi connectivity index (χ0n) is 11.2. The number of hydrogen-bond donors (Lipinski definition) is 1. The van der Waals surface area contributed by atoms with Crippen molar-refractivity contribution in [2.45, 2.75) is 31.8 Å². The molecule has 0 bridgehead atoms. The number of nitrogens with zero attached hydrogens (tertiary/aromatic N) is 1. The standard InChI is InChI=1S/C14H21NO4/c1-15-8-6-10(7-9-15)19-14(18)12-5-3-2-4-11(12)13(16)17/h2-3,10-12H,4-9H2,1H3,(H,16,17)/t11-,12+/m1/s1. The van der Waals surface area contributed by atoms with Gasteiger partial charge < -0.3 is 14.7 Å². The second-order valence-electron chi connectivity index (χ2n) is 5.43. The van der Waals surface area contributed by atoms with Crippen molar-refractivity contribution in [1.29, 1.82) is 0 Å². The molecule has 0 spiro atoms. The maximum Gasteiger partial charge on any atom is 0.310 e. The minimum absolute atomic E-state index is 0.0518.